The summed E-state index contributed by atoms with van der Waals surface area (Å²) in [5.41, 5.74) is 6.44. The van der Waals surface area contributed by atoms with Crippen molar-refractivity contribution in [2.75, 3.05) is 6.54 Å². The summed E-state index contributed by atoms with van der Waals surface area (Å²) >= 11 is 3.47. The Labute approximate surface area is 129 Å². The Bertz CT molecular complexity index is 449. The van der Waals surface area contributed by atoms with E-state index in [0.29, 0.717) is 18.1 Å². The summed E-state index contributed by atoms with van der Waals surface area (Å²) < 4.78 is 6.45. The Hall–Kier alpha value is -1.07. The number of primary amides is 1. The van der Waals surface area contributed by atoms with E-state index in [4.69, 9.17) is 10.5 Å². The van der Waals surface area contributed by atoms with E-state index in [2.05, 4.69) is 35.1 Å². The molecule has 4 nitrogen and oxygen atoms in total. The molecule has 5 heteroatoms. The van der Waals surface area contributed by atoms with Gasteiger partial charge < -0.3 is 15.8 Å². The van der Waals surface area contributed by atoms with E-state index < -0.39 is 12.0 Å². The van der Waals surface area contributed by atoms with Gasteiger partial charge in [0, 0.05) is 6.54 Å². The third-order valence-corrected chi connectivity index (χ3v) is 3.46. The first kappa shape index (κ1) is 17.0. The molecule has 0 saturated carbocycles. The van der Waals surface area contributed by atoms with Gasteiger partial charge in [0.1, 0.15) is 5.75 Å². The van der Waals surface area contributed by atoms with E-state index in [0.717, 1.165) is 23.1 Å². The summed E-state index contributed by atoms with van der Waals surface area (Å²) in [5.74, 6) is 0.826. The van der Waals surface area contributed by atoms with Crippen molar-refractivity contribution in [1.82, 2.24) is 5.32 Å². The normalized spacial score (nSPS) is 12.4. The first-order valence-corrected chi connectivity index (χ1v) is 7.68. The highest BCUT2D eigenvalue weighted by molar-refractivity contribution is 9.10. The highest BCUT2D eigenvalue weighted by atomic mass is 79.9. The maximum Gasteiger partial charge on any atom is 0.258 e. The lowest BCUT2D eigenvalue weighted by molar-refractivity contribution is -0.124. The zero-order valence-corrected chi connectivity index (χ0v) is 13.9. The van der Waals surface area contributed by atoms with Crippen LogP contribution in [0.15, 0.2) is 22.7 Å². The molecule has 0 aliphatic heterocycles. The van der Waals surface area contributed by atoms with Crippen molar-refractivity contribution < 1.29 is 9.53 Å². The Morgan fingerprint density at radius 1 is 1.45 bits per heavy atom. The number of carbonyl (C=O) groups is 1. The highest BCUT2D eigenvalue weighted by Gasteiger charge is 2.16. The smallest absolute Gasteiger partial charge is 0.258 e. The van der Waals surface area contributed by atoms with Gasteiger partial charge in [0.15, 0.2) is 6.10 Å². The minimum Gasteiger partial charge on any atom is -0.479 e. The van der Waals surface area contributed by atoms with E-state index in [1.807, 2.05) is 25.1 Å². The fourth-order valence-corrected chi connectivity index (χ4v) is 2.27. The van der Waals surface area contributed by atoms with Gasteiger partial charge in [-0.15, -0.1) is 0 Å². The number of hydrogen-bond donors (Lipinski definition) is 2. The van der Waals surface area contributed by atoms with Gasteiger partial charge in [-0.25, -0.2) is 0 Å². The number of nitrogens with two attached hydrogens (primary N) is 1. The van der Waals surface area contributed by atoms with Crippen LogP contribution in [-0.2, 0) is 11.3 Å². The van der Waals surface area contributed by atoms with Crippen molar-refractivity contribution in [3.05, 3.63) is 28.2 Å². The van der Waals surface area contributed by atoms with Gasteiger partial charge in [0.05, 0.1) is 4.47 Å². The summed E-state index contributed by atoms with van der Waals surface area (Å²) in [4.78, 5) is 11.2. The number of ether oxygens (including phenoxy) is 1. The number of hydrogen-bond acceptors (Lipinski definition) is 3. The molecule has 1 unspecified atom stereocenters. The molecule has 0 spiro atoms. The molecule has 1 atom stereocenters. The van der Waals surface area contributed by atoms with E-state index in [9.17, 15) is 4.79 Å². The second kappa shape index (κ2) is 8.27. The van der Waals surface area contributed by atoms with Gasteiger partial charge in [-0.3, -0.25) is 4.79 Å². The van der Waals surface area contributed by atoms with Crippen molar-refractivity contribution in [3.63, 3.8) is 0 Å². The van der Waals surface area contributed by atoms with Gasteiger partial charge in [0.25, 0.3) is 5.91 Å². The molecule has 1 amide bonds. The summed E-state index contributed by atoms with van der Waals surface area (Å²) in [7, 11) is 0. The van der Waals surface area contributed by atoms with Crippen LogP contribution in [0.2, 0.25) is 0 Å². The molecule has 0 aliphatic rings. The first-order valence-electron chi connectivity index (χ1n) is 6.89. The minimum absolute atomic E-state index is 0.443. The second-order valence-corrected chi connectivity index (χ2v) is 6.06. The molecule has 0 aromatic heterocycles. The molecule has 0 radical (unpaired) electrons. The molecule has 0 heterocycles. The van der Waals surface area contributed by atoms with Gasteiger partial charge >= 0.3 is 0 Å². The van der Waals surface area contributed by atoms with Crippen LogP contribution >= 0.6 is 15.9 Å². The van der Waals surface area contributed by atoms with Gasteiger partial charge in [-0.2, -0.15) is 0 Å². The SMILES string of the molecule is CCC(Oc1ccc(CNCC(C)C)cc1Br)C(N)=O. The molecule has 0 aliphatic carbocycles. The molecule has 20 heavy (non-hydrogen) atoms. The standard InChI is InChI=1S/C15H23BrN2O2/c1-4-13(15(17)19)20-14-6-5-11(7-12(14)16)9-18-8-10(2)3/h5-7,10,13,18H,4,8-9H2,1-3H3,(H2,17,19). The van der Waals surface area contributed by atoms with Crippen molar-refractivity contribution >= 4 is 21.8 Å². The Kier molecular flexibility index (Phi) is 7.02. The predicted octanol–water partition coefficient (Wildman–Crippen LogP) is 2.84. The Morgan fingerprint density at radius 2 is 2.15 bits per heavy atom. The summed E-state index contributed by atoms with van der Waals surface area (Å²) in [6.07, 6.45) is -0.0318. The Morgan fingerprint density at radius 3 is 2.65 bits per heavy atom. The van der Waals surface area contributed by atoms with Crippen LogP contribution in [0.3, 0.4) is 0 Å². The molecule has 0 fully saturated rings. The lowest BCUT2D eigenvalue weighted by Gasteiger charge is -2.16. The van der Waals surface area contributed by atoms with Crippen LogP contribution in [0.5, 0.6) is 5.75 Å². The molecule has 1 aromatic rings. The van der Waals surface area contributed by atoms with Crippen LogP contribution < -0.4 is 15.8 Å². The number of nitrogens with one attached hydrogen (secondary N) is 1. The predicted molar refractivity (Wildman–Crippen MR) is 84.6 cm³/mol. The van der Waals surface area contributed by atoms with E-state index >= 15 is 0 Å². The lowest BCUT2D eigenvalue weighted by atomic mass is 10.2. The van der Waals surface area contributed by atoms with Crippen LogP contribution in [0.4, 0.5) is 0 Å². The van der Waals surface area contributed by atoms with Crippen LogP contribution in [-0.4, -0.2) is 18.6 Å². The van der Waals surface area contributed by atoms with Crippen molar-refractivity contribution in [3.8, 4) is 5.75 Å². The third kappa shape index (κ3) is 5.51. The number of amides is 1. The largest absolute Gasteiger partial charge is 0.479 e. The van der Waals surface area contributed by atoms with Crippen molar-refractivity contribution in [2.24, 2.45) is 11.7 Å². The molecule has 0 bridgehead atoms. The van der Waals surface area contributed by atoms with Crippen LogP contribution in [0.1, 0.15) is 32.8 Å². The average molecular weight is 343 g/mol. The minimum atomic E-state index is -0.587. The second-order valence-electron chi connectivity index (χ2n) is 5.21. The van der Waals surface area contributed by atoms with Crippen molar-refractivity contribution in [2.45, 2.75) is 39.8 Å². The summed E-state index contributed by atoms with van der Waals surface area (Å²) in [6.45, 7) is 8.01. The van der Waals surface area contributed by atoms with Gasteiger partial charge in [0.2, 0.25) is 0 Å². The Balaban J connectivity index is 2.65. The molecule has 112 valence electrons. The van der Waals surface area contributed by atoms with E-state index in [-0.39, 0.29) is 0 Å². The molecule has 3 N–H and O–H groups in total. The molecular weight excluding hydrogens is 320 g/mol. The summed E-state index contributed by atoms with van der Waals surface area (Å²) in [6, 6.07) is 5.85. The van der Waals surface area contributed by atoms with Crippen molar-refractivity contribution in [1.29, 1.82) is 0 Å². The number of benzene rings is 1. The number of carbonyl (C=O) groups excluding carboxylic acids is 1. The summed E-state index contributed by atoms with van der Waals surface area (Å²) in [5, 5.41) is 3.38. The fourth-order valence-electron chi connectivity index (χ4n) is 1.75. The van der Waals surface area contributed by atoms with Crippen LogP contribution in [0, 0.1) is 5.92 Å². The maximum atomic E-state index is 11.2. The quantitative estimate of drug-likeness (QED) is 0.763. The first-order chi connectivity index (χ1) is 9.43. The monoisotopic (exact) mass is 342 g/mol. The molecule has 1 rings (SSSR count). The average Bonchev–Trinajstić information content (AvgIpc) is 2.37. The molecule has 0 saturated heterocycles. The number of rotatable bonds is 8. The number of halogens is 1. The van der Waals surface area contributed by atoms with E-state index in [1.165, 1.54) is 0 Å². The van der Waals surface area contributed by atoms with Crippen LogP contribution in [0.25, 0.3) is 0 Å². The van der Waals surface area contributed by atoms with Gasteiger partial charge in [-0.1, -0.05) is 26.8 Å². The third-order valence-electron chi connectivity index (χ3n) is 2.84. The van der Waals surface area contributed by atoms with E-state index in [1.54, 1.807) is 0 Å². The molecular formula is C15H23BrN2O2. The zero-order chi connectivity index (χ0) is 15.1. The lowest BCUT2D eigenvalue weighted by Crippen LogP contribution is -2.33. The zero-order valence-electron chi connectivity index (χ0n) is 12.3. The maximum absolute atomic E-state index is 11.2. The fraction of sp³-hybridized carbons (Fsp3) is 0.533. The highest BCUT2D eigenvalue weighted by Crippen LogP contribution is 2.27. The van der Waals surface area contributed by atoms with Gasteiger partial charge in [-0.05, 0) is 52.5 Å². The topological polar surface area (TPSA) is 64.3 Å². The molecule has 1 aromatic carbocycles.